The maximum atomic E-state index is 15.1. The van der Waals surface area contributed by atoms with Crippen molar-refractivity contribution in [3.8, 4) is 23.0 Å². The Morgan fingerprint density at radius 3 is 1.57 bits per heavy atom. The fourth-order valence-electron chi connectivity index (χ4n) is 9.48. The summed E-state index contributed by atoms with van der Waals surface area (Å²) in [4.78, 5) is 78.7. The highest BCUT2D eigenvalue weighted by atomic mass is 32.1. The van der Waals surface area contributed by atoms with E-state index >= 15 is 4.39 Å². The minimum absolute atomic E-state index is 0.00219. The number of hydrogen-bond donors (Lipinski definition) is 2. The van der Waals surface area contributed by atoms with Gasteiger partial charge in [0.15, 0.2) is 23.1 Å². The van der Waals surface area contributed by atoms with Crippen LogP contribution in [0.15, 0.2) is 134 Å². The van der Waals surface area contributed by atoms with Gasteiger partial charge in [0.25, 0.3) is 0 Å². The number of anilines is 3. The van der Waals surface area contributed by atoms with Gasteiger partial charge in [-0.2, -0.15) is 0 Å². The second kappa shape index (κ2) is 24.7. The van der Waals surface area contributed by atoms with Crippen molar-refractivity contribution >= 4 is 101 Å². The number of aromatic nitrogens is 2. The molecule has 0 saturated carbocycles. The van der Waals surface area contributed by atoms with E-state index in [1.807, 2.05) is 23.1 Å². The molecule has 8 aromatic rings. The first kappa shape index (κ1) is 56.1. The van der Waals surface area contributed by atoms with Crippen LogP contribution in [0.25, 0.3) is 31.6 Å². The van der Waals surface area contributed by atoms with Crippen molar-refractivity contribution in [2.24, 2.45) is 0 Å². The molecule has 4 aliphatic heterocycles. The number of carbonyl (C=O) groups excluding carboxylic acids is 5. The van der Waals surface area contributed by atoms with Gasteiger partial charge < -0.3 is 30.3 Å². The number of nitrogen functional groups attached to an aromatic ring is 1. The number of imide groups is 1. The zero-order valence-electron chi connectivity index (χ0n) is 44.4. The summed E-state index contributed by atoms with van der Waals surface area (Å²) < 4.78 is 68.4. The number of ether oxygens (including phenoxy) is 2. The van der Waals surface area contributed by atoms with E-state index in [0.29, 0.717) is 67.7 Å². The Bertz CT molecular complexity index is 3820. The molecule has 0 radical (unpaired) electrons. The van der Waals surface area contributed by atoms with E-state index in [2.05, 4.69) is 21.4 Å². The summed E-state index contributed by atoms with van der Waals surface area (Å²) >= 11 is 3.07. The van der Waals surface area contributed by atoms with E-state index in [0.717, 1.165) is 59.2 Å². The predicted molar refractivity (Wildman–Crippen MR) is 308 cm³/mol. The monoisotopic (exact) mass is 1150 g/mol. The van der Waals surface area contributed by atoms with E-state index in [4.69, 9.17) is 15.2 Å². The lowest BCUT2D eigenvalue weighted by molar-refractivity contribution is -0.129. The molecule has 8 heterocycles. The van der Waals surface area contributed by atoms with Gasteiger partial charge in [0, 0.05) is 124 Å². The first-order valence-corrected chi connectivity index (χ1v) is 27.7. The van der Waals surface area contributed by atoms with Gasteiger partial charge in [0.05, 0.1) is 26.9 Å². The molecule has 0 atom stereocenters. The molecule has 0 bridgehead atoms. The lowest BCUT2D eigenvalue weighted by Gasteiger charge is -2.24. The van der Waals surface area contributed by atoms with Crippen LogP contribution in [0.3, 0.4) is 0 Å². The Hall–Kier alpha value is -9.15. The summed E-state index contributed by atoms with van der Waals surface area (Å²) in [5.74, 6) is -1.01. The lowest BCUT2D eigenvalue weighted by atomic mass is 10.1. The number of thiophene rings is 2. The molecule has 2 saturated heterocycles. The van der Waals surface area contributed by atoms with Gasteiger partial charge in [-0.05, 0) is 114 Å². The standard InChI is InChI=1S/C31H26F2N4O4S.C20H18FN3O2S.C9H9FN2O/c1-19(38)35-12-9-21(10-13-35)28-18-25-30(42-28)27(8-11-34-25)41-26-7-2-20(16-24(26)33)17-29(39)37-15-14-36(31(37)40)23-5-3-22(32)4-6-23;1-12(25)24-8-5-13(6-9-24)19-11-16-20(27-19)18(4-7-23-16)26-17-3-2-14(22)10-15(17)21;10-7-1-3-8(4-2-7)12-6-5-11-9(12)13/h2-9,11,16,18H,10,12-15,17H2,1H3;2-5,7,10-11H,6,8-9,22H2,1H3;1-4H,5-6H2,(H,11,13). The van der Waals surface area contributed by atoms with Gasteiger partial charge in [0.1, 0.15) is 23.1 Å². The molecule has 12 rings (SSSR count). The topological polar surface area (TPSA) is 184 Å². The molecule has 22 heteroatoms. The molecule has 0 spiro atoms. The Balaban J connectivity index is 0.000000159. The Morgan fingerprint density at radius 2 is 1.11 bits per heavy atom. The molecule has 2 fully saturated rings. The number of rotatable bonds is 10. The second-order valence-electron chi connectivity index (χ2n) is 19.3. The number of nitrogens with zero attached hydrogens (tertiary/aromatic N) is 7. The zero-order chi connectivity index (χ0) is 57.6. The first-order valence-electron chi connectivity index (χ1n) is 26.1. The molecule has 0 unspecified atom stereocenters. The van der Waals surface area contributed by atoms with E-state index < -0.39 is 29.4 Å². The van der Waals surface area contributed by atoms with Gasteiger partial charge in [-0.1, -0.05) is 18.2 Å². The van der Waals surface area contributed by atoms with Gasteiger partial charge in [0.2, 0.25) is 17.7 Å². The number of nitrogens with two attached hydrogens (primary N) is 1. The van der Waals surface area contributed by atoms with Crippen molar-refractivity contribution in [1.29, 1.82) is 0 Å². The zero-order valence-corrected chi connectivity index (χ0v) is 46.0. The number of halogens is 4. The fourth-order valence-corrected chi connectivity index (χ4v) is 11.7. The summed E-state index contributed by atoms with van der Waals surface area (Å²) in [6.45, 7) is 7.47. The molecule has 7 amide bonds. The SMILES string of the molecule is CC(=O)N1CC=C(c2cc3nccc(Oc4ccc(CC(=O)N5CCN(c6ccc(F)cc6)C5=O)cc4F)c3s2)CC1.CC(=O)N1CC=C(c2cc3nccc(Oc4ccc(N)cc4F)c3s2)CC1.O=C1NCCN1c1ccc(F)cc1. The molecule has 420 valence electrons. The van der Waals surface area contributed by atoms with Crippen LogP contribution >= 0.6 is 22.7 Å². The summed E-state index contributed by atoms with van der Waals surface area (Å²) in [5.41, 5.74) is 11.4. The quantitative estimate of drug-likeness (QED) is 0.0987. The number of benzene rings is 4. The van der Waals surface area contributed by atoms with Gasteiger partial charge >= 0.3 is 12.1 Å². The van der Waals surface area contributed by atoms with Crippen LogP contribution in [-0.2, 0) is 20.8 Å². The summed E-state index contributed by atoms with van der Waals surface area (Å²) in [7, 11) is 0. The number of nitrogens with one attached hydrogen (secondary N) is 1. The molecular formula is C60H53F4N9O7S2. The van der Waals surface area contributed by atoms with Crippen LogP contribution in [0.5, 0.6) is 23.0 Å². The normalized spacial score (nSPS) is 15.1. The fraction of sp³-hybridized carbons (Fsp3) is 0.217. The molecule has 0 aliphatic carbocycles. The van der Waals surface area contributed by atoms with E-state index in [9.17, 15) is 37.1 Å². The molecule has 4 aromatic carbocycles. The first-order chi connectivity index (χ1) is 39.5. The number of fused-ring (bicyclic) bond motifs is 2. The van der Waals surface area contributed by atoms with Crippen LogP contribution in [-0.4, -0.2) is 107 Å². The van der Waals surface area contributed by atoms with E-state index in [1.54, 1.807) is 83.8 Å². The van der Waals surface area contributed by atoms with E-state index in [-0.39, 0.29) is 54.7 Å². The highest BCUT2D eigenvalue weighted by molar-refractivity contribution is 7.20. The van der Waals surface area contributed by atoms with Gasteiger partial charge in [-0.3, -0.25) is 39.1 Å². The molecule has 4 aliphatic rings. The third-order valence-corrected chi connectivity index (χ3v) is 16.3. The summed E-state index contributed by atoms with van der Waals surface area (Å²) in [5, 5.41) is 2.68. The number of carbonyl (C=O) groups is 5. The Labute approximate surface area is 476 Å². The molecule has 4 aromatic heterocycles. The largest absolute Gasteiger partial charge is 0.453 e. The molecule has 3 N–H and O–H groups in total. The maximum Gasteiger partial charge on any atom is 0.331 e. The average Bonchev–Trinajstić information content (AvgIpc) is 4.51. The number of pyridine rings is 2. The third-order valence-electron chi connectivity index (χ3n) is 13.9. The van der Waals surface area contributed by atoms with Crippen LogP contribution < -0.4 is 30.3 Å². The van der Waals surface area contributed by atoms with Crippen molar-refractivity contribution in [2.75, 3.05) is 67.9 Å². The minimum Gasteiger partial charge on any atom is -0.453 e. The van der Waals surface area contributed by atoms with Crippen molar-refractivity contribution in [3.63, 3.8) is 0 Å². The Kier molecular flexibility index (Phi) is 16.9. The smallest absolute Gasteiger partial charge is 0.331 e. The van der Waals surface area contributed by atoms with Crippen molar-refractivity contribution in [1.82, 2.24) is 30.0 Å². The van der Waals surface area contributed by atoms with Crippen molar-refractivity contribution in [2.45, 2.75) is 33.1 Å². The Morgan fingerprint density at radius 1 is 0.598 bits per heavy atom. The lowest BCUT2D eigenvalue weighted by Crippen LogP contribution is -2.37. The second-order valence-corrected chi connectivity index (χ2v) is 21.4. The highest BCUT2D eigenvalue weighted by Crippen LogP contribution is 2.41. The minimum atomic E-state index is -0.637. The summed E-state index contributed by atoms with van der Waals surface area (Å²) in [6.07, 6.45) is 8.76. The molecule has 82 heavy (non-hydrogen) atoms. The van der Waals surface area contributed by atoms with Crippen LogP contribution in [0.1, 0.15) is 42.0 Å². The number of amides is 7. The highest BCUT2D eigenvalue weighted by Gasteiger charge is 2.34. The van der Waals surface area contributed by atoms with Gasteiger partial charge in [-0.15, -0.1) is 22.7 Å². The van der Waals surface area contributed by atoms with Crippen molar-refractivity contribution in [3.05, 3.63) is 172 Å². The maximum absolute atomic E-state index is 15.1. The van der Waals surface area contributed by atoms with Crippen molar-refractivity contribution < 1.29 is 51.0 Å². The predicted octanol–water partition coefficient (Wildman–Crippen LogP) is 11.8. The molecular weight excluding hydrogens is 1100 g/mol. The van der Waals surface area contributed by atoms with E-state index in [1.165, 1.54) is 82.5 Å². The van der Waals surface area contributed by atoms with Gasteiger partial charge in [-0.25, -0.2) is 27.2 Å². The third kappa shape index (κ3) is 12.9. The number of urea groups is 2. The summed E-state index contributed by atoms with van der Waals surface area (Å²) in [6, 6.07) is 26.8. The van der Waals surface area contributed by atoms with Crippen LogP contribution in [0, 0.1) is 23.3 Å². The van der Waals surface area contributed by atoms with Crippen LogP contribution in [0.2, 0.25) is 0 Å². The molecule has 16 nitrogen and oxygen atoms in total. The van der Waals surface area contributed by atoms with Crippen LogP contribution in [0.4, 0.5) is 44.2 Å². The average molecular weight is 1150 g/mol. The number of hydrogen-bond acceptors (Lipinski definition) is 12.